The van der Waals surface area contributed by atoms with Crippen LogP contribution >= 0.6 is 0 Å². The summed E-state index contributed by atoms with van der Waals surface area (Å²) in [6.07, 6.45) is 5.58. The maximum absolute atomic E-state index is 12.2. The molecule has 1 aromatic heterocycles. The summed E-state index contributed by atoms with van der Waals surface area (Å²) in [7, 11) is 0. The van der Waals surface area contributed by atoms with Crippen LogP contribution in [0.1, 0.15) is 19.3 Å². The molecule has 2 heterocycles. The zero-order valence-electron chi connectivity index (χ0n) is 15.2. The van der Waals surface area contributed by atoms with E-state index in [4.69, 9.17) is 4.74 Å². The van der Waals surface area contributed by atoms with Gasteiger partial charge in [-0.25, -0.2) is 0 Å². The molecule has 0 spiro atoms. The van der Waals surface area contributed by atoms with E-state index in [9.17, 15) is 4.79 Å². The van der Waals surface area contributed by atoms with Crippen molar-refractivity contribution in [2.24, 2.45) is 0 Å². The fourth-order valence-corrected chi connectivity index (χ4v) is 3.40. The molecule has 0 radical (unpaired) electrons. The first-order valence-electron chi connectivity index (χ1n) is 9.40. The maximum Gasteiger partial charge on any atom is 0.262 e. The molecule has 5 nitrogen and oxygen atoms in total. The maximum atomic E-state index is 12.2. The topological polar surface area (TPSA) is 54.5 Å². The van der Waals surface area contributed by atoms with E-state index >= 15 is 0 Å². The normalized spacial score (nSPS) is 14.1. The number of carbonyl (C=O) groups is 1. The molecule has 0 unspecified atom stereocenters. The number of benzene rings is 2. The number of hydrogen-bond donors (Lipinski definition) is 1. The van der Waals surface area contributed by atoms with Gasteiger partial charge in [0, 0.05) is 36.0 Å². The van der Waals surface area contributed by atoms with E-state index in [1.807, 2.05) is 42.5 Å². The smallest absolute Gasteiger partial charge is 0.262 e. The van der Waals surface area contributed by atoms with Gasteiger partial charge in [-0.1, -0.05) is 6.07 Å². The van der Waals surface area contributed by atoms with Crippen molar-refractivity contribution in [2.45, 2.75) is 19.3 Å². The quantitative estimate of drug-likeness (QED) is 0.738. The van der Waals surface area contributed by atoms with Gasteiger partial charge in [-0.15, -0.1) is 0 Å². The molecule has 1 N–H and O–H groups in total. The van der Waals surface area contributed by atoms with Crippen LogP contribution in [0.5, 0.6) is 5.75 Å². The lowest BCUT2D eigenvalue weighted by molar-refractivity contribution is -0.118. The van der Waals surface area contributed by atoms with Crippen LogP contribution in [0.25, 0.3) is 10.9 Å². The number of piperidine rings is 1. The molecule has 2 aromatic carbocycles. The monoisotopic (exact) mass is 361 g/mol. The highest BCUT2D eigenvalue weighted by Crippen LogP contribution is 2.22. The molecule has 3 aromatic rings. The highest BCUT2D eigenvalue weighted by molar-refractivity contribution is 5.92. The van der Waals surface area contributed by atoms with E-state index in [0.717, 1.165) is 29.7 Å². The van der Waals surface area contributed by atoms with Gasteiger partial charge >= 0.3 is 0 Å². The molecule has 27 heavy (non-hydrogen) atoms. The number of anilines is 2. The van der Waals surface area contributed by atoms with Crippen LogP contribution in [0.15, 0.2) is 60.8 Å². The molecule has 1 fully saturated rings. The lowest BCUT2D eigenvalue weighted by Crippen LogP contribution is -2.29. The number of nitrogens with one attached hydrogen (secondary N) is 1. The molecule has 0 aliphatic carbocycles. The SMILES string of the molecule is O=C(COc1ccc2ncccc2c1)Nc1ccc(N2CCCCC2)cc1. The predicted octanol–water partition coefficient (Wildman–Crippen LogP) is 4.24. The van der Waals surface area contributed by atoms with Crippen molar-refractivity contribution in [1.29, 1.82) is 0 Å². The number of fused-ring (bicyclic) bond motifs is 1. The number of pyridine rings is 1. The Morgan fingerprint density at radius 3 is 2.67 bits per heavy atom. The summed E-state index contributed by atoms with van der Waals surface area (Å²) in [6.45, 7) is 2.20. The van der Waals surface area contributed by atoms with Gasteiger partial charge in [0.05, 0.1) is 5.52 Å². The first-order valence-corrected chi connectivity index (χ1v) is 9.40. The Kier molecular flexibility index (Phi) is 5.19. The van der Waals surface area contributed by atoms with Crippen LogP contribution in [0, 0.1) is 0 Å². The Bertz CT molecular complexity index is 918. The number of ether oxygens (including phenoxy) is 1. The van der Waals surface area contributed by atoms with Crippen molar-refractivity contribution in [2.75, 3.05) is 29.9 Å². The Balaban J connectivity index is 1.31. The lowest BCUT2D eigenvalue weighted by Gasteiger charge is -2.28. The number of rotatable bonds is 5. The molecule has 1 aliphatic rings. The Labute approximate surface area is 159 Å². The van der Waals surface area contributed by atoms with E-state index < -0.39 is 0 Å². The van der Waals surface area contributed by atoms with E-state index in [0.29, 0.717) is 5.75 Å². The molecule has 1 aliphatic heterocycles. The molecule has 5 heteroatoms. The highest BCUT2D eigenvalue weighted by atomic mass is 16.5. The standard InChI is InChI=1S/C22H23N3O2/c26-22(16-27-20-10-11-21-17(15-20)5-4-12-23-21)24-18-6-8-19(9-7-18)25-13-2-1-3-14-25/h4-12,15H,1-3,13-14,16H2,(H,24,26). The predicted molar refractivity (Wildman–Crippen MR) is 108 cm³/mol. The van der Waals surface area contributed by atoms with Gasteiger partial charge < -0.3 is 15.0 Å². The van der Waals surface area contributed by atoms with Crippen LogP contribution in [0.2, 0.25) is 0 Å². The summed E-state index contributed by atoms with van der Waals surface area (Å²) < 4.78 is 5.62. The van der Waals surface area contributed by atoms with Gasteiger partial charge in [-0.05, 0) is 67.8 Å². The number of aromatic nitrogens is 1. The molecule has 138 valence electrons. The van der Waals surface area contributed by atoms with E-state index in [-0.39, 0.29) is 12.5 Å². The number of carbonyl (C=O) groups excluding carboxylic acids is 1. The molecule has 1 saturated heterocycles. The second kappa shape index (κ2) is 8.08. The lowest BCUT2D eigenvalue weighted by atomic mass is 10.1. The zero-order valence-corrected chi connectivity index (χ0v) is 15.2. The van der Waals surface area contributed by atoms with Crippen molar-refractivity contribution in [3.63, 3.8) is 0 Å². The van der Waals surface area contributed by atoms with Gasteiger partial charge in [0.2, 0.25) is 0 Å². The second-order valence-corrected chi connectivity index (χ2v) is 6.79. The number of hydrogen-bond acceptors (Lipinski definition) is 4. The minimum Gasteiger partial charge on any atom is -0.484 e. The van der Waals surface area contributed by atoms with Gasteiger partial charge in [0.15, 0.2) is 6.61 Å². The molecule has 1 amide bonds. The van der Waals surface area contributed by atoms with Crippen LogP contribution < -0.4 is 15.0 Å². The largest absolute Gasteiger partial charge is 0.484 e. The molecule has 0 bridgehead atoms. The van der Waals surface area contributed by atoms with Crippen LogP contribution in [0.4, 0.5) is 11.4 Å². The molecular weight excluding hydrogens is 338 g/mol. The van der Waals surface area contributed by atoms with Gasteiger partial charge in [0.1, 0.15) is 5.75 Å². The fraction of sp³-hybridized carbons (Fsp3) is 0.273. The van der Waals surface area contributed by atoms with E-state index in [2.05, 4.69) is 27.3 Å². The Morgan fingerprint density at radius 2 is 1.85 bits per heavy atom. The number of nitrogens with zero attached hydrogens (tertiary/aromatic N) is 2. The summed E-state index contributed by atoms with van der Waals surface area (Å²) in [6, 6.07) is 17.5. The Morgan fingerprint density at radius 1 is 1.04 bits per heavy atom. The average Bonchev–Trinajstić information content (AvgIpc) is 2.73. The fourth-order valence-electron chi connectivity index (χ4n) is 3.40. The third-order valence-electron chi connectivity index (χ3n) is 4.82. The minimum atomic E-state index is -0.174. The van der Waals surface area contributed by atoms with Crippen molar-refractivity contribution in [3.05, 3.63) is 60.8 Å². The zero-order chi connectivity index (χ0) is 18.5. The van der Waals surface area contributed by atoms with E-state index in [1.165, 1.54) is 24.9 Å². The number of amides is 1. The van der Waals surface area contributed by atoms with Crippen molar-refractivity contribution >= 4 is 28.2 Å². The van der Waals surface area contributed by atoms with Crippen molar-refractivity contribution < 1.29 is 9.53 Å². The Hall–Kier alpha value is -3.08. The minimum absolute atomic E-state index is 0.0281. The highest BCUT2D eigenvalue weighted by Gasteiger charge is 2.11. The molecule has 0 saturated carbocycles. The first-order chi connectivity index (χ1) is 13.3. The van der Waals surface area contributed by atoms with Crippen molar-refractivity contribution in [3.8, 4) is 5.75 Å². The molecule has 0 atom stereocenters. The third kappa shape index (κ3) is 4.37. The average molecular weight is 361 g/mol. The van der Waals surface area contributed by atoms with Gasteiger partial charge in [-0.3, -0.25) is 9.78 Å². The second-order valence-electron chi connectivity index (χ2n) is 6.79. The summed E-state index contributed by atoms with van der Waals surface area (Å²) in [4.78, 5) is 18.8. The van der Waals surface area contributed by atoms with Crippen LogP contribution in [0.3, 0.4) is 0 Å². The summed E-state index contributed by atoms with van der Waals surface area (Å²) >= 11 is 0. The first kappa shape index (κ1) is 17.3. The summed E-state index contributed by atoms with van der Waals surface area (Å²) in [5.74, 6) is 0.484. The van der Waals surface area contributed by atoms with Crippen LogP contribution in [-0.2, 0) is 4.79 Å². The molecular formula is C22H23N3O2. The summed E-state index contributed by atoms with van der Waals surface area (Å²) in [5.41, 5.74) is 2.91. The van der Waals surface area contributed by atoms with Gasteiger partial charge in [0.25, 0.3) is 5.91 Å². The summed E-state index contributed by atoms with van der Waals surface area (Å²) in [5, 5.41) is 3.87. The molecule has 4 rings (SSSR count). The van der Waals surface area contributed by atoms with E-state index in [1.54, 1.807) is 6.20 Å². The van der Waals surface area contributed by atoms with Crippen LogP contribution in [-0.4, -0.2) is 30.6 Å². The third-order valence-corrected chi connectivity index (χ3v) is 4.82. The van der Waals surface area contributed by atoms with Gasteiger partial charge in [-0.2, -0.15) is 0 Å². The van der Waals surface area contributed by atoms with Crippen molar-refractivity contribution in [1.82, 2.24) is 4.98 Å².